The van der Waals surface area contributed by atoms with Gasteiger partial charge < -0.3 is 5.32 Å². The molecule has 0 amide bonds. The molecule has 1 aromatic carbocycles. The van der Waals surface area contributed by atoms with Crippen LogP contribution < -0.4 is 10.0 Å². The minimum Gasteiger partial charge on any atom is -0.316 e. The van der Waals surface area contributed by atoms with Crippen molar-refractivity contribution in [2.45, 2.75) is 17.7 Å². The molecule has 1 unspecified atom stereocenters. The number of piperidine rings is 1. The van der Waals surface area contributed by atoms with Crippen molar-refractivity contribution in [1.29, 1.82) is 0 Å². The first-order chi connectivity index (χ1) is 8.97. The van der Waals surface area contributed by atoms with Gasteiger partial charge in [-0.1, -0.05) is 23.2 Å². The first-order valence-electron chi connectivity index (χ1n) is 6.14. The lowest BCUT2D eigenvalue weighted by Crippen LogP contribution is -2.38. The number of sulfonamides is 1. The largest absolute Gasteiger partial charge is 0.316 e. The van der Waals surface area contributed by atoms with Gasteiger partial charge in [0, 0.05) is 16.6 Å². The normalized spacial score (nSPS) is 20.4. The fourth-order valence-corrected chi connectivity index (χ4v) is 3.93. The Balaban J connectivity index is 2.04. The zero-order valence-corrected chi connectivity index (χ0v) is 12.7. The molecule has 0 bridgehead atoms. The zero-order valence-electron chi connectivity index (χ0n) is 10.3. The smallest absolute Gasteiger partial charge is 0.240 e. The van der Waals surface area contributed by atoms with Gasteiger partial charge in [0.05, 0.1) is 4.90 Å². The molecule has 0 spiro atoms. The predicted octanol–water partition coefficient (Wildman–Crippen LogP) is 2.27. The number of rotatable bonds is 4. The second kappa shape index (κ2) is 6.41. The molecule has 1 aromatic rings. The van der Waals surface area contributed by atoms with Crippen LogP contribution in [0.1, 0.15) is 12.8 Å². The van der Waals surface area contributed by atoms with E-state index in [-0.39, 0.29) is 4.90 Å². The highest BCUT2D eigenvalue weighted by molar-refractivity contribution is 7.89. The molecule has 1 aliphatic heterocycles. The van der Waals surface area contributed by atoms with Crippen LogP contribution in [0.25, 0.3) is 0 Å². The summed E-state index contributed by atoms with van der Waals surface area (Å²) in [5, 5.41) is 3.88. The molecular formula is C12H16Cl2N2O2S. The molecule has 19 heavy (non-hydrogen) atoms. The van der Waals surface area contributed by atoms with Crippen LogP contribution in [0, 0.1) is 5.92 Å². The van der Waals surface area contributed by atoms with E-state index in [9.17, 15) is 8.42 Å². The van der Waals surface area contributed by atoms with E-state index in [1.54, 1.807) is 0 Å². The number of benzene rings is 1. The molecule has 2 N–H and O–H groups in total. The fourth-order valence-electron chi connectivity index (χ4n) is 2.09. The lowest BCUT2D eigenvalue weighted by molar-refractivity contribution is 0.376. The monoisotopic (exact) mass is 322 g/mol. The summed E-state index contributed by atoms with van der Waals surface area (Å²) in [6.07, 6.45) is 2.11. The van der Waals surface area contributed by atoms with Crippen molar-refractivity contribution >= 4 is 33.2 Å². The zero-order chi connectivity index (χ0) is 13.9. The van der Waals surface area contributed by atoms with Crippen LogP contribution in [-0.4, -0.2) is 28.1 Å². The van der Waals surface area contributed by atoms with Crippen molar-refractivity contribution in [2.24, 2.45) is 5.92 Å². The van der Waals surface area contributed by atoms with Crippen molar-refractivity contribution in [3.05, 3.63) is 28.2 Å². The second-order valence-corrected chi connectivity index (χ2v) is 7.31. The SMILES string of the molecule is O=S(=O)(NCC1CCCNC1)c1cc(Cl)cc(Cl)c1. The van der Waals surface area contributed by atoms with Crippen LogP contribution in [0.2, 0.25) is 10.0 Å². The van der Waals surface area contributed by atoms with Gasteiger partial charge in [-0.15, -0.1) is 0 Å². The van der Waals surface area contributed by atoms with Crippen LogP contribution in [0.5, 0.6) is 0 Å². The van der Waals surface area contributed by atoms with Gasteiger partial charge in [0.25, 0.3) is 0 Å². The second-order valence-electron chi connectivity index (χ2n) is 4.67. The predicted molar refractivity (Wildman–Crippen MR) is 77.2 cm³/mol. The summed E-state index contributed by atoms with van der Waals surface area (Å²) in [5.74, 6) is 0.332. The Kier molecular flexibility index (Phi) is 5.09. The van der Waals surface area contributed by atoms with E-state index in [1.165, 1.54) is 18.2 Å². The molecule has 1 aliphatic rings. The van der Waals surface area contributed by atoms with E-state index < -0.39 is 10.0 Å². The average Bonchev–Trinajstić information content (AvgIpc) is 2.37. The van der Waals surface area contributed by atoms with Gasteiger partial charge in [-0.05, 0) is 50.0 Å². The average molecular weight is 323 g/mol. The molecule has 0 aromatic heterocycles. The number of nitrogens with one attached hydrogen (secondary N) is 2. The Bertz CT molecular complexity index is 522. The summed E-state index contributed by atoms with van der Waals surface area (Å²) in [5.41, 5.74) is 0. The van der Waals surface area contributed by atoms with E-state index in [0.29, 0.717) is 22.5 Å². The van der Waals surface area contributed by atoms with E-state index >= 15 is 0 Å². The Morgan fingerprint density at radius 1 is 1.26 bits per heavy atom. The number of hydrogen-bond donors (Lipinski definition) is 2. The summed E-state index contributed by atoms with van der Waals surface area (Å²) in [4.78, 5) is 0.105. The molecule has 0 saturated carbocycles. The quantitative estimate of drug-likeness (QED) is 0.894. The highest BCUT2D eigenvalue weighted by Crippen LogP contribution is 2.22. The molecule has 0 aliphatic carbocycles. The first-order valence-corrected chi connectivity index (χ1v) is 8.38. The van der Waals surface area contributed by atoms with Gasteiger partial charge in [-0.2, -0.15) is 0 Å². The van der Waals surface area contributed by atoms with Gasteiger partial charge >= 0.3 is 0 Å². The first kappa shape index (κ1) is 15.1. The van der Waals surface area contributed by atoms with Crippen molar-refractivity contribution in [3.8, 4) is 0 Å². The van der Waals surface area contributed by atoms with Crippen LogP contribution in [0.15, 0.2) is 23.1 Å². The molecule has 1 atom stereocenters. The Morgan fingerprint density at radius 2 is 1.95 bits per heavy atom. The summed E-state index contributed by atoms with van der Waals surface area (Å²) in [6, 6.07) is 4.30. The topological polar surface area (TPSA) is 58.2 Å². The molecule has 4 nitrogen and oxygen atoms in total. The molecule has 0 radical (unpaired) electrons. The molecule has 1 heterocycles. The third-order valence-electron chi connectivity index (χ3n) is 3.11. The summed E-state index contributed by atoms with van der Waals surface area (Å²) >= 11 is 11.6. The molecule has 106 valence electrons. The Morgan fingerprint density at radius 3 is 2.53 bits per heavy atom. The minimum absolute atomic E-state index is 0.105. The van der Waals surface area contributed by atoms with Crippen LogP contribution in [0.3, 0.4) is 0 Å². The fraction of sp³-hybridized carbons (Fsp3) is 0.500. The summed E-state index contributed by atoms with van der Waals surface area (Å²) in [7, 11) is -3.55. The summed E-state index contributed by atoms with van der Waals surface area (Å²) in [6.45, 7) is 2.28. The minimum atomic E-state index is -3.55. The maximum Gasteiger partial charge on any atom is 0.240 e. The Labute approximate surface area is 123 Å². The third kappa shape index (κ3) is 4.33. The maximum absolute atomic E-state index is 12.1. The van der Waals surface area contributed by atoms with E-state index in [4.69, 9.17) is 23.2 Å². The van der Waals surface area contributed by atoms with Crippen molar-refractivity contribution in [2.75, 3.05) is 19.6 Å². The molecular weight excluding hydrogens is 307 g/mol. The highest BCUT2D eigenvalue weighted by Gasteiger charge is 2.19. The van der Waals surface area contributed by atoms with Crippen molar-refractivity contribution < 1.29 is 8.42 Å². The van der Waals surface area contributed by atoms with E-state index in [1.807, 2.05) is 0 Å². The highest BCUT2D eigenvalue weighted by atomic mass is 35.5. The van der Waals surface area contributed by atoms with E-state index in [2.05, 4.69) is 10.0 Å². The van der Waals surface area contributed by atoms with Crippen molar-refractivity contribution in [1.82, 2.24) is 10.0 Å². The van der Waals surface area contributed by atoms with Gasteiger partial charge in [0.1, 0.15) is 0 Å². The van der Waals surface area contributed by atoms with Gasteiger partial charge in [-0.25, -0.2) is 13.1 Å². The lowest BCUT2D eigenvalue weighted by atomic mass is 10.0. The summed E-state index contributed by atoms with van der Waals surface area (Å²) < 4.78 is 26.9. The van der Waals surface area contributed by atoms with Gasteiger partial charge in [-0.3, -0.25) is 0 Å². The number of hydrogen-bond acceptors (Lipinski definition) is 3. The van der Waals surface area contributed by atoms with Crippen molar-refractivity contribution in [3.63, 3.8) is 0 Å². The molecule has 1 fully saturated rings. The standard InChI is InChI=1S/C12H16Cl2N2O2S/c13-10-4-11(14)6-12(5-10)19(17,18)16-8-9-2-1-3-15-7-9/h4-6,9,15-16H,1-3,7-8H2. The van der Waals surface area contributed by atoms with Crippen LogP contribution >= 0.6 is 23.2 Å². The molecule has 7 heteroatoms. The van der Waals surface area contributed by atoms with Crippen LogP contribution in [-0.2, 0) is 10.0 Å². The number of halogens is 2. The van der Waals surface area contributed by atoms with Gasteiger partial charge in [0.15, 0.2) is 0 Å². The van der Waals surface area contributed by atoms with E-state index in [0.717, 1.165) is 25.9 Å². The molecule has 1 saturated heterocycles. The third-order valence-corrected chi connectivity index (χ3v) is 4.95. The van der Waals surface area contributed by atoms with Gasteiger partial charge in [0.2, 0.25) is 10.0 Å². The Hall–Kier alpha value is -0.330. The molecule has 2 rings (SSSR count). The van der Waals surface area contributed by atoms with Crippen LogP contribution in [0.4, 0.5) is 0 Å². The lowest BCUT2D eigenvalue weighted by Gasteiger charge is -2.22. The maximum atomic E-state index is 12.1.